The Morgan fingerprint density at radius 3 is 2.75 bits per heavy atom. The number of likely N-dealkylation sites (tertiary alicyclic amines) is 1. The standard InChI is InChI=1S/C20H26N4O4/c1-4-9-21-20(25)14-7-10-24(11-8-14)13-18-22-19(23-28-18)15-5-6-16(26-2)17(12-15)27-3/h4-6,12,14H,1,7-11,13H2,2-3H3,(H,21,25). The van der Waals surface area contributed by atoms with Gasteiger partial charge in [-0.2, -0.15) is 4.98 Å². The Morgan fingerprint density at radius 1 is 1.32 bits per heavy atom. The van der Waals surface area contributed by atoms with Crippen molar-refractivity contribution in [2.45, 2.75) is 19.4 Å². The summed E-state index contributed by atoms with van der Waals surface area (Å²) in [5.74, 6) is 2.49. The number of benzene rings is 1. The molecule has 0 radical (unpaired) electrons. The molecule has 150 valence electrons. The van der Waals surface area contributed by atoms with Crippen molar-refractivity contribution in [1.82, 2.24) is 20.4 Å². The number of carbonyl (C=O) groups is 1. The van der Waals surface area contributed by atoms with Gasteiger partial charge < -0.3 is 19.3 Å². The summed E-state index contributed by atoms with van der Waals surface area (Å²) in [6.45, 7) is 6.34. The van der Waals surface area contributed by atoms with E-state index in [0.717, 1.165) is 31.5 Å². The fourth-order valence-corrected chi connectivity index (χ4v) is 3.27. The van der Waals surface area contributed by atoms with Crippen LogP contribution in [0.1, 0.15) is 18.7 Å². The predicted octanol–water partition coefficient (Wildman–Crippen LogP) is 2.27. The monoisotopic (exact) mass is 386 g/mol. The first kappa shape index (κ1) is 19.9. The average Bonchev–Trinajstić information content (AvgIpc) is 3.20. The molecule has 1 N–H and O–H groups in total. The molecular formula is C20H26N4O4. The summed E-state index contributed by atoms with van der Waals surface area (Å²) in [5.41, 5.74) is 0.797. The van der Waals surface area contributed by atoms with Crippen LogP contribution in [-0.4, -0.2) is 54.8 Å². The Hall–Kier alpha value is -2.87. The number of nitrogens with zero attached hydrogens (tertiary/aromatic N) is 3. The first-order chi connectivity index (χ1) is 13.6. The van der Waals surface area contributed by atoms with Crippen molar-refractivity contribution in [1.29, 1.82) is 0 Å². The van der Waals surface area contributed by atoms with Crippen LogP contribution in [-0.2, 0) is 11.3 Å². The number of rotatable bonds is 8. The van der Waals surface area contributed by atoms with E-state index in [1.807, 2.05) is 18.2 Å². The summed E-state index contributed by atoms with van der Waals surface area (Å²) in [5, 5.41) is 6.95. The molecular weight excluding hydrogens is 360 g/mol. The maximum absolute atomic E-state index is 12.0. The summed E-state index contributed by atoms with van der Waals surface area (Å²) in [6.07, 6.45) is 3.33. The number of methoxy groups -OCH3 is 2. The number of nitrogens with one attached hydrogen (secondary N) is 1. The fraction of sp³-hybridized carbons (Fsp3) is 0.450. The van der Waals surface area contributed by atoms with Crippen LogP contribution >= 0.6 is 0 Å². The number of hydrogen-bond donors (Lipinski definition) is 1. The van der Waals surface area contributed by atoms with Gasteiger partial charge in [-0.05, 0) is 44.1 Å². The van der Waals surface area contributed by atoms with Gasteiger partial charge in [0, 0.05) is 18.0 Å². The second kappa shape index (κ2) is 9.36. The number of hydrogen-bond acceptors (Lipinski definition) is 7. The first-order valence-corrected chi connectivity index (χ1v) is 9.30. The molecule has 28 heavy (non-hydrogen) atoms. The van der Waals surface area contributed by atoms with Crippen molar-refractivity contribution < 1.29 is 18.8 Å². The van der Waals surface area contributed by atoms with Crippen molar-refractivity contribution in [3.63, 3.8) is 0 Å². The molecule has 0 aliphatic carbocycles. The van der Waals surface area contributed by atoms with Crippen LogP contribution in [0, 0.1) is 5.92 Å². The zero-order valence-electron chi connectivity index (χ0n) is 16.3. The van der Waals surface area contributed by atoms with E-state index < -0.39 is 0 Å². The summed E-state index contributed by atoms with van der Waals surface area (Å²) >= 11 is 0. The van der Waals surface area contributed by atoms with Gasteiger partial charge in [0.25, 0.3) is 0 Å². The quantitative estimate of drug-likeness (QED) is 0.696. The molecule has 1 fully saturated rings. The van der Waals surface area contributed by atoms with Gasteiger partial charge >= 0.3 is 0 Å². The van der Waals surface area contributed by atoms with Crippen molar-refractivity contribution in [2.24, 2.45) is 5.92 Å². The largest absolute Gasteiger partial charge is 0.493 e. The molecule has 0 atom stereocenters. The lowest BCUT2D eigenvalue weighted by molar-refractivity contribution is -0.126. The lowest BCUT2D eigenvalue weighted by Gasteiger charge is -2.30. The summed E-state index contributed by atoms with van der Waals surface area (Å²) in [6, 6.07) is 5.50. The number of piperidine rings is 1. The zero-order valence-corrected chi connectivity index (χ0v) is 16.3. The Kier molecular flexibility index (Phi) is 6.65. The molecule has 8 heteroatoms. The van der Waals surface area contributed by atoms with Crippen LogP contribution in [0.25, 0.3) is 11.4 Å². The molecule has 1 aliphatic rings. The SMILES string of the molecule is C=CCNC(=O)C1CCN(Cc2nc(-c3ccc(OC)c(OC)c3)no2)CC1. The van der Waals surface area contributed by atoms with E-state index in [9.17, 15) is 4.79 Å². The van der Waals surface area contributed by atoms with E-state index >= 15 is 0 Å². The van der Waals surface area contributed by atoms with Crippen LogP contribution < -0.4 is 14.8 Å². The minimum Gasteiger partial charge on any atom is -0.493 e. The van der Waals surface area contributed by atoms with Crippen LogP contribution in [0.3, 0.4) is 0 Å². The molecule has 8 nitrogen and oxygen atoms in total. The van der Waals surface area contributed by atoms with E-state index in [1.54, 1.807) is 20.3 Å². The van der Waals surface area contributed by atoms with E-state index in [0.29, 0.717) is 36.3 Å². The first-order valence-electron chi connectivity index (χ1n) is 9.30. The molecule has 1 aliphatic heterocycles. The second-order valence-corrected chi connectivity index (χ2v) is 6.67. The van der Waals surface area contributed by atoms with E-state index in [1.165, 1.54) is 0 Å². The maximum Gasteiger partial charge on any atom is 0.241 e. The fourth-order valence-electron chi connectivity index (χ4n) is 3.27. The lowest BCUT2D eigenvalue weighted by atomic mass is 9.96. The summed E-state index contributed by atoms with van der Waals surface area (Å²) in [7, 11) is 3.18. The highest BCUT2D eigenvalue weighted by atomic mass is 16.5. The lowest BCUT2D eigenvalue weighted by Crippen LogP contribution is -2.40. The molecule has 1 amide bonds. The highest BCUT2D eigenvalue weighted by Crippen LogP contribution is 2.31. The van der Waals surface area contributed by atoms with Gasteiger partial charge in [0.05, 0.1) is 20.8 Å². The third kappa shape index (κ3) is 4.69. The van der Waals surface area contributed by atoms with Gasteiger partial charge in [-0.15, -0.1) is 6.58 Å². The molecule has 0 saturated carbocycles. The Morgan fingerprint density at radius 2 is 2.07 bits per heavy atom. The average molecular weight is 386 g/mol. The molecule has 1 saturated heterocycles. The summed E-state index contributed by atoms with van der Waals surface area (Å²) < 4.78 is 16.0. The number of carbonyl (C=O) groups excluding carboxylic acids is 1. The molecule has 3 rings (SSSR count). The molecule has 0 bridgehead atoms. The Balaban J connectivity index is 1.57. The maximum atomic E-state index is 12.0. The van der Waals surface area contributed by atoms with Gasteiger partial charge in [0.15, 0.2) is 11.5 Å². The van der Waals surface area contributed by atoms with Crippen molar-refractivity contribution in [3.05, 3.63) is 36.7 Å². The molecule has 2 aromatic rings. The van der Waals surface area contributed by atoms with Crippen LogP contribution in [0.4, 0.5) is 0 Å². The van der Waals surface area contributed by atoms with E-state index in [2.05, 4.69) is 26.9 Å². The van der Waals surface area contributed by atoms with Crippen molar-refractivity contribution in [2.75, 3.05) is 33.9 Å². The molecule has 0 unspecified atom stereocenters. The van der Waals surface area contributed by atoms with E-state index in [4.69, 9.17) is 14.0 Å². The van der Waals surface area contributed by atoms with Crippen LogP contribution in [0.2, 0.25) is 0 Å². The molecule has 1 aromatic carbocycles. The topological polar surface area (TPSA) is 89.7 Å². The number of ether oxygens (including phenoxy) is 2. The minimum absolute atomic E-state index is 0.0567. The molecule has 0 spiro atoms. The molecule has 1 aromatic heterocycles. The van der Waals surface area contributed by atoms with Crippen molar-refractivity contribution in [3.8, 4) is 22.9 Å². The van der Waals surface area contributed by atoms with Crippen molar-refractivity contribution >= 4 is 5.91 Å². The van der Waals surface area contributed by atoms with Crippen LogP contribution in [0.15, 0.2) is 35.4 Å². The number of amides is 1. The molecule has 2 heterocycles. The second-order valence-electron chi connectivity index (χ2n) is 6.67. The smallest absolute Gasteiger partial charge is 0.241 e. The minimum atomic E-state index is 0.0567. The van der Waals surface area contributed by atoms with Gasteiger partial charge in [-0.25, -0.2) is 0 Å². The predicted molar refractivity (Wildman–Crippen MR) is 104 cm³/mol. The third-order valence-corrected chi connectivity index (χ3v) is 4.85. The van der Waals surface area contributed by atoms with E-state index in [-0.39, 0.29) is 11.8 Å². The van der Waals surface area contributed by atoms with Gasteiger partial charge in [0.1, 0.15) is 0 Å². The highest BCUT2D eigenvalue weighted by Gasteiger charge is 2.25. The summed E-state index contributed by atoms with van der Waals surface area (Å²) in [4.78, 5) is 18.8. The Bertz CT molecular complexity index is 812. The number of aromatic nitrogens is 2. The zero-order chi connectivity index (χ0) is 19.9. The van der Waals surface area contributed by atoms with Gasteiger partial charge in [-0.1, -0.05) is 11.2 Å². The van der Waals surface area contributed by atoms with Gasteiger partial charge in [0.2, 0.25) is 17.6 Å². The Labute approximate surface area is 164 Å². The third-order valence-electron chi connectivity index (χ3n) is 4.85. The van der Waals surface area contributed by atoms with Gasteiger partial charge in [-0.3, -0.25) is 9.69 Å². The normalized spacial score (nSPS) is 15.2. The van der Waals surface area contributed by atoms with Crippen LogP contribution in [0.5, 0.6) is 11.5 Å². The highest BCUT2D eigenvalue weighted by molar-refractivity contribution is 5.78.